The third kappa shape index (κ3) is 5.36. The molecule has 204 valence electrons. The van der Waals surface area contributed by atoms with Crippen LogP contribution in [0.4, 0.5) is 0 Å². The monoisotopic (exact) mass is 522 g/mol. The number of carbonyl (C=O) groups is 2. The Balaban J connectivity index is 1.78. The van der Waals surface area contributed by atoms with E-state index in [1.807, 2.05) is 32.0 Å². The second-order valence-electron chi connectivity index (χ2n) is 9.67. The van der Waals surface area contributed by atoms with Crippen molar-refractivity contribution in [3.63, 3.8) is 0 Å². The molecule has 2 atom stereocenters. The summed E-state index contributed by atoms with van der Waals surface area (Å²) in [5.74, 6) is 0.371. The van der Waals surface area contributed by atoms with E-state index in [9.17, 15) is 14.7 Å². The number of amides is 1. The molecule has 2 aromatic carbocycles. The van der Waals surface area contributed by atoms with E-state index in [0.717, 1.165) is 37.4 Å². The van der Waals surface area contributed by atoms with E-state index in [1.165, 1.54) is 0 Å². The van der Waals surface area contributed by atoms with Crippen LogP contribution in [0.3, 0.4) is 0 Å². The molecule has 8 nitrogen and oxygen atoms in total. The molecule has 0 spiro atoms. The van der Waals surface area contributed by atoms with Crippen LogP contribution in [0.25, 0.3) is 5.76 Å². The summed E-state index contributed by atoms with van der Waals surface area (Å²) in [6.45, 7) is 11.6. The highest BCUT2D eigenvalue weighted by Crippen LogP contribution is 2.42. The Bertz CT molecular complexity index is 1220. The Morgan fingerprint density at radius 2 is 1.87 bits per heavy atom. The number of benzene rings is 2. The first-order valence-corrected chi connectivity index (χ1v) is 13.4. The van der Waals surface area contributed by atoms with E-state index in [0.29, 0.717) is 42.2 Å². The van der Waals surface area contributed by atoms with Gasteiger partial charge >= 0.3 is 0 Å². The van der Waals surface area contributed by atoms with Crippen LogP contribution in [0.15, 0.2) is 42.0 Å². The van der Waals surface area contributed by atoms with Crippen LogP contribution < -0.4 is 14.2 Å². The number of methoxy groups -OCH3 is 1. The van der Waals surface area contributed by atoms with Crippen molar-refractivity contribution in [1.29, 1.82) is 0 Å². The number of aliphatic hydroxyl groups excluding tert-OH is 1. The van der Waals surface area contributed by atoms with E-state index >= 15 is 0 Å². The molecule has 2 heterocycles. The van der Waals surface area contributed by atoms with Gasteiger partial charge in [-0.3, -0.25) is 9.59 Å². The molecule has 1 amide bonds. The number of nitrogens with zero attached hydrogens (tertiary/aromatic N) is 2. The summed E-state index contributed by atoms with van der Waals surface area (Å²) in [6.07, 6.45) is 1.47. The molecule has 1 N–H and O–H groups in total. The third-order valence-corrected chi connectivity index (χ3v) is 7.28. The molecule has 0 saturated carbocycles. The fraction of sp³-hybridized carbons (Fsp3) is 0.467. The van der Waals surface area contributed by atoms with Gasteiger partial charge in [0.15, 0.2) is 11.5 Å². The van der Waals surface area contributed by atoms with Crippen molar-refractivity contribution in [3.8, 4) is 17.2 Å². The molecule has 0 bridgehead atoms. The van der Waals surface area contributed by atoms with E-state index in [2.05, 4.69) is 18.7 Å². The Kier molecular flexibility index (Phi) is 8.62. The van der Waals surface area contributed by atoms with Gasteiger partial charge in [-0.1, -0.05) is 19.9 Å². The Labute approximate surface area is 224 Å². The summed E-state index contributed by atoms with van der Waals surface area (Å²) in [5, 5.41) is 11.5. The SMILES string of the molecule is CCOc1ccc(C2/C(=C(/O)c3ccc4c(c3)CC(C)O4)C(=O)C(=O)N2CCCN(CC)CC)cc1OC. The number of fused-ring (bicyclic) bond motifs is 1. The van der Waals surface area contributed by atoms with Gasteiger partial charge in [0.1, 0.15) is 17.6 Å². The lowest BCUT2D eigenvalue weighted by Crippen LogP contribution is -2.33. The number of aliphatic hydroxyl groups is 1. The first-order chi connectivity index (χ1) is 18.3. The molecule has 2 aromatic rings. The molecule has 2 unspecified atom stereocenters. The number of hydrogen-bond donors (Lipinski definition) is 1. The largest absolute Gasteiger partial charge is 0.507 e. The van der Waals surface area contributed by atoms with E-state index in [4.69, 9.17) is 14.2 Å². The molecular formula is C30H38N2O6. The lowest BCUT2D eigenvalue weighted by atomic mass is 9.94. The molecule has 4 rings (SSSR count). The Hall–Kier alpha value is -3.52. The van der Waals surface area contributed by atoms with Crippen molar-refractivity contribution in [2.24, 2.45) is 0 Å². The maximum absolute atomic E-state index is 13.4. The van der Waals surface area contributed by atoms with Gasteiger partial charge in [-0.15, -0.1) is 0 Å². The quantitative estimate of drug-likeness (QED) is 0.263. The van der Waals surface area contributed by atoms with Gasteiger partial charge in [-0.05, 0) is 81.4 Å². The molecular weight excluding hydrogens is 484 g/mol. The highest BCUT2D eigenvalue weighted by Gasteiger charge is 2.46. The molecule has 2 aliphatic rings. The number of rotatable bonds is 11. The average Bonchev–Trinajstić information content (AvgIpc) is 3.42. The number of likely N-dealkylation sites (tertiary alicyclic amines) is 1. The predicted molar refractivity (Wildman–Crippen MR) is 146 cm³/mol. The van der Waals surface area contributed by atoms with Crippen LogP contribution in [0.2, 0.25) is 0 Å². The van der Waals surface area contributed by atoms with Crippen LogP contribution in [0.5, 0.6) is 17.2 Å². The maximum atomic E-state index is 13.4. The van der Waals surface area contributed by atoms with Gasteiger partial charge in [0.25, 0.3) is 11.7 Å². The summed E-state index contributed by atoms with van der Waals surface area (Å²) >= 11 is 0. The zero-order valence-electron chi connectivity index (χ0n) is 23.0. The summed E-state index contributed by atoms with van der Waals surface area (Å²) in [4.78, 5) is 30.6. The second-order valence-corrected chi connectivity index (χ2v) is 9.67. The molecule has 8 heteroatoms. The fourth-order valence-corrected chi connectivity index (χ4v) is 5.32. The van der Waals surface area contributed by atoms with Crippen molar-refractivity contribution >= 4 is 17.4 Å². The second kappa shape index (κ2) is 11.9. The zero-order valence-corrected chi connectivity index (χ0v) is 23.0. The van der Waals surface area contributed by atoms with Crippen LogP contribution in [-0.2, 0) is 16.0 Å². The van der Waals surface area contributed by atoms with Gasteiger partial charge in [0.05, 0.1) is 25.3 Å². The molecule has 2 aliphatic heterocycles. The van der Waals surface area contributed by atoms with Crippen molar-refractivity contribution in [1.82, 2.24) is 9.80 Å². The smallest absolute Gasteiger partial charge is 0.295 e. The topological polar surface area (TPSA) is 88.5 Å². The average molecular weight is 523 g/mol. The molecule has 0 aromatic heterocycles. The standard InChI is InChI=1S/C30H38N2O6/c1-6-31(7-2)14-9-15-32-27(20-10-13-24(37-8-3)25(18-20)36-5)26(29(34)30(32)35)28(33)21-11-12-23-22(17-21)16-19(4)38-23/h10-13,17-19,27,33H,6-9,14-16H2,1-5H3/b28-26-. The lowest BCUT2D eigenvalue weighted by Gasteiger charge is -2.27. The van der Waals surface area contributed by atoms with Gasteiger partial charge in [0.2, 0.25) is 0 Å². The summed E-state index contributed by atoms with van der Waals surface area (Å²) in [5.41, 5.74) is 2.21. The first-order valence-electron chi connectivity index (χ1n) is 13.4. The van der Waals surface area contributed by atoms with E-state index in [-0.39, 0.29) is 17.4 Å². The first kappa shape index (κ1) is 27.5. The van der Waals surface area contributed by atoms with Crippen LogP contribution >= 0.6 is 0 Å². The van der Waals surface area contributed by atoms with Crippen molar-refractivity contribution in [3.05, 3.63) is 58.7 Å². The number of Topliss-reactive ketones (excluding diaryl/α,β-unsaturated/α-hetero) is 1. The van der Waals surface area contributed by atoms with Gasteiger partial charge < -0.3 is 29.1 Å². The number of ketones is 1. The van der Waals surface area contributed by atoms with Crippen molar-refractivity contribution in [2.45, 2.75) is 52.7 Å². The predicted octanol–water partition coefficient (Wildman–Crippen LogP) is 4.57. The minimum Gasteiger partial charge on any atom is -0.507 e. The van der Waals surface area contributed by atoms with E-state index < -0.39 is 17.7 Å². The maximum Gasteiger partial charge on any atom is 0.295 e. The minimum atomic E-state index is -0.750. The van der Waals surface area contributed by atoms with Gasteiger partial charge in [0, 0.05) is 18.5 Å². The van der Waals surface area contributed by atoms with Gasteiger partial charge in [-0.2, -0.15) is 0 Å². The van der Waals surface area contributed by atoms with Crippen LogP contribution in [-0.4, -0.2) is 72.6 Å². The van der Waals surface area contributed by atoms with Crippen molar-refractivity contribution < 1.29 is 28.9 Å². The van der Waals surface area contributed by atoms with E-state index in [1.54, 1.807) is 30.2 Å². The third-order valence-electron chi connectivity index (χ3n) is 7.28. The highest BCUT2D eigenvalue weighted by molar-refractivity contribution is 6.46. The van der Waals surface area contributed by atoms with Crippen molar-refractivity contribution in [2.75, 3.05) is 39.9 Å². The molecule has 1 saturated heterocycles. The van der Waals surface area contributed by atoms with Crippen LogP contribution in [0.1, 0.15) is 56.8 Å². The van der Waals surface area contributed by atoms with Gasteiger partial charge in [-0.25, -0.2) is 0 Å². The normalized spacial score (nSPS) is 20.1. The summed E-state index contributed by atoms with van der Waals surface area (Å²) in [6, 6.07) is 10.0. The number of ether oxygens (including phenoxy) is 3. The Morgan fingerprint density at radius 1 is 1.11 bits per heavy atom. The van der Waals surface area contributed by atoms with Crippen LogP contribution in [0, 0.1) is 0 Å². The lowest BCUT2D eigenvalue weighted by molar-refractivity contribution is -0.140. The molecule has 0 radical (unpaired) electrons. The zero-order chi connectivity index (χ0) is 27.4. The summed E-state index contributed by atoms with van der Waals surface area (Å²) < 4.78 is 17.0. The molecule has 0 aliphatic carbocycles. The minimum absolute atomic E-state index is 0.0510. The number of hydrogen-bond acceptors (Lipinski definition) is 7. The fourth-order valence-electron chi connectivity index (χ4n) is 5.32. The highest BCUT2D eigenvalue weighted by atomic mass is 16.5. The molecule has 38 heavy (non-hydrogen) atoms. The summed E-state index contributed by atoms with van der Waals surface area (Å²) in [7, 11) is 1.55. The molecule has 1 fully saturated rings. The number of carbonyl (C=O) groups excluding carboxylic acids is 2. The Morgan fingerprint density at radius 3 is 2.55 bits per heavy atom.